The first-order valence-electron chi connectivity index (χ1n) is 7.46. The van der Waals surface area contributed by atoms with Gasteiger partial charge in [-0.05, 0) is 44.2 Å². The molecular weight excluding hydrogens is 298 g/mol. The van der Waals surface area contributed by atoms with Gasteiger partial charge in [0.1, 0.15) is 5.75 Å². The van der Waals surface area contributed by atoms with Crippen LogP contribution in [0.3, 0.4) is 0 Å². The first-order valence-corrected chi connectivity index (χ1v) is 8.34. The van der Waals surface area contributed by atoms with Crippen LogP contribution in [0.2, 0.25) is 0 Å². The van der Waals surface area contributed by atoms with E-state index in [1.54, 1.807) is 0 Å². The second-order valence-electron chi connectivity index (χ2n) is 5.17. The van der Waals surface area contributed by atoms with E-state index in [2.05, 4.69) is 15.6 Å². The normalized spacial score (nSPS) is 17.4. The van der Waals surface area contributed by atoms with Gasteiger partial charge in [0.2, 0.25) is 5.91 Å². The Bertz CT molecular complexity index is 633. The second kappa shape index (κ2) is 6.89. The molecule has 0 aliphatic carbocycles. The van der Waals surface area contributed by atoms with Crippen molar-refractivity contribution >= 4 is 22.4 Å². The quantitative estimate of drug-likeness (QED) is 0.890. The maximum atomic E-state index is 12.1. The first-order chi connectivity index (χ1) is 10.8. The van der Waals surface area contributed by atoms with Gasteiger partial charge in [-0.15, -0.1) is 11.3 Å². The van der Waals surface area contributed by atoms with Crippen LogP contribution in [0.1, 0.15) is 13.3 Å². The van der Waals surface area contributed by atoms with Crippen molar-refractivity contribution in [3.63, 3.8) is 0 Å². The summed E-state index contributed by atoms with van der Waals surface area (Å²) in [5, 5.41) is 8.72. The van der Waals surface area contributed by atoms with E-state index in [0.29, 0.717) is 11.7 Å². The zero-order valence-corrected chi connectivity index (χ0v) is 13.3. The number of thiazole rings is 1. The average Bonchev–Trinajstić information content (AvgIpc) is 3.19. The lowest BCUT2D eigenvalue weighted by Gasteiger charge is -2.06. The van der Waals surface area contributed by atoms with Crippen LogP contribution in [-0.4, -0.2) is 30.6 Å². The van der Waals surface area contributed by atoms with E-state index in [4.69, 9.17) is 4.74 Å². The Morgan fingerprint density at radius 1 is 1.45 bits per heavy atom. The molecule has 1 atom stereocenters. The number of aromatic nitrogens is 1. The van der Waals surface area contributed by atoms with Crippen molar-refractivity contribution in [2.24, 2.45) is 5.92 Å². The van der Waals surface area contributed by atoms with Gasteiger partial charge in [0.25, 0.3) is 0 Å². The van der Waals surface area contributed by atoms with Gasteiger partial charge in [-0.25, -0.2) is 4.98 Å². The summed E-state index contributed by atoms with van der Waals surface area (Å²) in [6.07, 6.45) is 0.892. The highest BCUT2D eigenvalue weighted by Gasteiger charge is 2.23. The molecule has 0 spiro atoms. The Morgan fingerprint density at radius 3 is 2.95 bits per heavy atom. The molecule has 22 heavy (non-hydrogen) atoms. The third kappa shape index (κ3) is 3.45. The fourth-order valence-electron chi connectivity index (χ4n) is 2.44. The number of carbonyl (C=O) groups is 1. The highest BCUT2D eigenvalue weighted by atomic mass is 32.1. The average molecular weight is 317 g/mol. The zero-order chi connectivity index (χ0) is 15.4. The van der Waals surface area contributed by atoms with Gasteiger partial charge in [0.15, 0.2) is 5.13 Å². The molecule has 1 amide bonds. The van der Waals surface area contributed by atoms with E-state index in [1.807, 2.05) is 36.6 Å². The Hall–Kier alpha value is -1.92. The van der Waals surface area contributed by atoms with Crippen LogP contribution in [0.4, 0.5) is 5.13 Å². The van der Waals surface area contributed by atoms with Crippen molar-refractivity contribution in [1.82, 2.24) is 10.3 Å². The van der Waals surface area contributed by atoms with Gasteiger partial charge < -0.3 is 15.4 Å². The maximum absolute atomic E-state index is 12.1. The SMILES string of the molecule is CCOc1ccc(-c2csc(NC(=O)C3CCNC3)n2)cc1. The Labute approximate surface area is 133 Å². The van der Waals surface area contributed by atoms with Gasteiger partial charge in [0, 0.05) is 17.5 Å². The van der Waals surface area contributed by atoms with E-state index < -0.39 is 0 Å². The van der Waals surface area contributed by atoms with Gasteiger partial charge in [-0.1, -0.05) is 0 Å². The van der Waals surface area contributed by atoms with Gasteiger partial charge in [0.05, 0.1) is 18.2 Å². The van der Waals surface area contributed by atoms with Crippen molar-refractivity contribution < 1.29 is 9.53 Å². The molecule has 0 radical (unpaired) electrons. The highest BCUT2D eigenvalue weighted by Crippen LogP contribution is 2.27. The number of rotatable bonds is 5. The minimum atomic E-state index is 0.0533. The van der Waals surface area contributed by atoms with Gasteiger partial charge in [-0.2, -0.15) is 0 Å². The summed E-state index contributed by atoms with van der Waals surface area (Å²) in [6.45, 7) is 4.28. The summed E-state index contributed by atoms with van der Waals surface area (Å²) in [7, 11) is 0. The Kier molecular flexibility index (Phi) is 4.70. The summed E-state index contributed by atoms with van der Waals surface area (Å²) < 4.78 is 5.43. The molecule has 116 valence electrons. The monoisotopic (exact) mass is 317 g/mol. The van der Waals surface area contributed by atoms with Crippen LogP contribution < -0.4 is 15.4 Å². The van der Waals surface area contributed by atoms with Crippen LogP contribution in [0.15, 0.2) is 29.6 Å². The molecule has 6 heteroatoms. The number of benzene rings is 1. The smallest absolute Gasteiger partial charge is 0.230 e. The third-order valence-corrected chi connectivity index (χ3v) is 4.38. The topological polar surface area (TPSA) is 63.2 Å². The number of amides is 1. The van der Waals surface area contributed by atoms with Gasteiger partial charge in [-0.3, -0.25) is 4.79 Å². The third-order valence-electron chi connectivity index (χ3n) is 3.63. The van der Waals surface area contributed by atoms with Crippen molar-refractivity contribution in [2.45, 2.75) is 13.3 Å². The molecule has 2 N–H and O–H groups in total. The number of carbonyl (C=O) groups excluding carboxylic acids is 1. The predicted molar refractivity (Wildman–Crippen MR) is 88.3 cm³/mol. The fourth-order valence-corrected chi connectivity index (χ4v) is 3.16. The molecule has 2 aromatic rings. The summed E-state index contributed by atoms with van der Waals surface area (Å²) in [5.41, 5.74) is 1.88. The Morgan fingerprint density at radius 2 is 2.27 bits per heavy atom. The molecule has 1 saturated heterocycles. The number of ether oxygens (including phenoxy) is 1. The summed E-state index contributed by atoms with van der Waals surface area (Å²) in [4.78, 5) is 16.6. The van der Waals surface area contributed by atoms with Crippen molar-refractivity contribution in [3.8, 4) is 17.0 Å². The zero-order valence-electron chi connectivity index (χ0n) is 12.5. The van der Waals surface area contributed by atoms with Crippen LogP contribution >= 0.6 is 11.3 Å². The molecular formula is C16H19N3O2S. The molecule has 1 aromatic heterocycles. The number of nitrogens with one attached hydrogen (secondary N) is 2. The van der Waals surface area contributed by atoms with Crippen LogP contribution in [-0.2, 0) is 4.79 Å². The number of nitrogens with zero attached hydrogens (tertiary/aromatic N) is 1. The number of hydrogen-bond acceptors (Lipinski definition) is 5. The molecule has 3 rings (SSSR count). The molecule has 0 bridgehead atoms. The molecule has 1 aliphatic heterocycles. The van der Waals surface area contributed by atoms with E-state index in [1.165, 1.54) is 11.3 Å². The predicted octanol–water partition coefficient (Wildman–Crippen LogP) is 2.76. The lowest BCUT2D eigenvalue weighted by Crippen LogP contribution is -2.24. The van der Waals surface area contributed by atoms with Crippen molar-refractivity contribution in [2.75, 3.05) is 25.0 Å². The van der Waals surface area contributed by atoms with Crippen LogP contribution in [0, 0.1) is 5.92 Å². The van der Waals surface area contributed by atoms with E-state index >= 15 is 0 Å². The maximum Gasteiger partial charge on any atom is 0.230 e. The fraction of sp³-hybridized carbons (Fsp3) is 0.375. The molecule has 1 fully saturated rings. The molecule has 5 nitrogen and oxygen atoms in total. The largest absolute Gasteiger partial charge is 0.494 e. The molecule has 0 saturated carbocycles. The van der Waals surface area contributed by atoms with Crippen LogP contribution in [0.5, 0.6) is 5.75 Å². The van der Waals surface area contributed by atoms with Crippen LogP contribution in [0.25, 0.3) is 11.3 Å². The number of hydrogen-bond donors (Lipinski definition) is 2. The molecule has 1 aliphatic rings. The summed E-state index contributed by atoms with van der Waals surface area (Å²) >= 11 is 1.45. The summed E-state index contributed by atoms with van der Waals surface area (Å²) in [5.74, 6) is 0.958. The second-order valence-corrected chi connectivity index (χ2v) is 6.03. The first kappa shape index (κ1) is 15.0. The number of anilines is 1. The van der Waals surface area contributed by atoms with E-state index in [-0.39, 0.29) is 11.8 Å². The summed E-state index contributed by atoms with van der Waals surface area (Å²) in [6, 6.07) is 7.82. The van der Waals surface area contributed by atoms with Crippen molar-refractivity contribution in [3.05, 3.63) is 29.6 Å². The molecule has 1 aromatic carbocycles. The van der Waals surface area contributed by atoms with Gasteiger partial charge >= 0.3 is 0 Å². The minimum Gasteiger partial charge on any atom is -0.494 e. The van der Waals surface area contributed by atoms with E-state index in [9.17, 15) is 4.79 Å². The highest BCUT2D eigenvalue weighted by molar-refractivity contribution is 7.14. The standard InChI is InChI=1S/C16H19N3O2S/c1-2-21-13-5-3-11(4-6-13)14-10-22-16(18-14)19-15(20)12-7-8-17-9-12/h3-6,10,12,17H,2,7-9H2,1H3,(H,18,19,20). The minimum absolute atomic E-state index is 0.0533. The lowest BCUT2D eigenvalue weighted by molar-refractivity contribution is -0.119. The molecule has 1 unspecified atom stereocenters. The molecule has 2 heterocycles. The van der Waals surface area contributed by atoms with E-state index in [0.717, 1.165) is 36.5 Å². The van der Waals surface area contributed by atoms with Crippen molar-refractivity contribution in [1.29, 1.82) is 0 Å². The Balaban J connectivity index is 1.66. The lowest BCUT2D eigenvalue weighted by atomic mass is 10.1.